The van der Waals surface area contributed by atoms with Crippen molar-refractivity contribution in [2.75, 3.05) is 13.2 Å². The molecule has 1 aromatic rings. The highest BCUT2D eigenvalue weighted by Gasteiger charge is 2.12. The summed E-state index contributed by atoms with van der Waals surface area (Å²) < 4.78 is 18.1. The van der Waals surface area contributed by atoms with Crippen molar-refractivity contribution in [1.29, 1.82) is 0 Å². The molecule has 1 aromatic carbocycles. The molecule has 0 saturated carbocycles. The molecule has 1 amide bonds. The zero-order valence-corrected chi connectivity index (χ0v) is 10.4. The largest absolute Gasteiger partial charge is 0.380 e. The second-order valence-electron chi connectivity index (χ2n) is 3.99. The van der Waals surface area contributed by atoms with Crippen molar-refractivity contribution in [3.63, 3.8) is 0 Å². The van der Waals surface area contributed by atoms with E-state index in [0.717, 1.165) is 0 Å². The SMILES string of the molecule is CCOCC(C)NC(=O)c1ccc(F)cc1C. The fourth-order valence-corrected chi connectivity index (χ4v) is 1.52. The Kier molecular flexibility index (Phi) is 5.10. The molecule has 17 heavy (non-hydrogen) atoms. The number of amides is 1. The minimum absolute atomic E-state index is 0.0631. The van der Waals surface area contributed by atoms with Crippen LogP contribution in [0.5, 0.6) is 0 Å². The van der Waals surface area contributed by atoms with Crippen LogP contribution in [-0.4, -0.2) is 25.2 Å². The Morgan fingerprint density at radius 2 is 2.24 bits per heavy atom. The third-order valence-electron chi connectivity index (χ3n) is 2.38. The van der Waals surface area contributed by atoms with Gasteiger partial charge in [0.15, 0.2) is 0 Å². The normalized spacial score (nSPS) is 12.2. The average molecular weight is 239 g/mol. The van der Waals surface area contributed by atoms with E-state index in [1.54, 1.807) is 6.92 Å². The molecule has 3 nitrogen and oxygen atoms in total. The van der Waals surface area contributed by atoms with Crippen LogP contribution in [0.4, 0.5) is 4.39 Å². The fourth-order valence-electron chi connectivity index (χ4n) is 1.52. The van der Waals surface area contributed by atoms with E-state index in [-0.39, 0.29) is 17.8 Å². The second-order valence-corrected chi connectivity index (χ2v) is 3.99. The Bertz CT molecular complexity index is 393. The quantitative estimate of drug-likeness (QED) is 0.856. The number of rotatable bonds is 5. The smallest absolute Gasteiger partial charge is 0.251 e. The van der Waals surface area contributed by atoms with Crippen LogP contribution in [-0.2, 0) is 4.74 Å². The maximum atomic E-state index is 12.9. The first kappa shape index (κ1) is 13.6. The van der Waals surface area contributed by atoms with Gasteiger partial charge in [-0.2, -0.15) is 0 Å². The summed E-state index contributed by atoms with van der Waals surface area (Å²) in [6.45, 7) is 6.58. The lowest BCUT2D eigenvalue weighted by atomic mass is 10.1. The second kappa shape index (κ2) is 6.35. The molecule has 0 spiro atoms. The maximum absolute atomic E-state index is 12.9. The molecule has 4 heteroatoms. The van der Waals surface area contributed by atoms with Crippen LogP contribution < -0.4 is 5.32 Å². The van der Waals surface area contributed by atoms with Gasteiger partial charge in [0.05, 0.1) is 6.61 Å². The molecule has 0 fully saturated rings. The van der Waals surface area contributed by atoms with E-state index in [0.29, 0.717) is 24.3 Å². The summed E-state index contributed by atoms with van der Waals surface area (Å²) in [6.07, 6.45) is 0. The Labute approximate surface area is 101 Å². The van der Waals surface area contributed by atoms with Gasteiger partial charge in [-0.25, -0.2) is 4.39 Å². The van der Waals surface area contributed by atoms with Gasteiger partial charge in [-0.05, 0) is 44.5 Å². The highest BCUT2D eigenvalue weighted by molar-refractivity contribution is 5.95. The highest BCUT2D eigenvalue weighted by atomic mass is 19.1. The van der Waals surface area contributed by atoms with Crippen LogP contribution >= 0.6 is 0 Å². The van der Waals surface area contributed by atoms with E-state index in [2.05, 4.69) is 5.32 Å². The number of halogens is 1. The molecule has 1 N–H and O–H groups in total. The number of hydrogen-bond acceptors (Lipinski definition) is 2. The van der Waals surface area contributed by atoms with Crippen LogP contribution in [0.2, 0.25) is 0 Å². The van der Waals surface area contributed by atoms with Gasteiger partial charge in [0.25, 0.3) is 5.91 Å². The topological polar surface area (TPSA) is 38.3 Å². The maximum Gasteiger partial charge on any atom is 0.251 e. The Hall–Kier alpha value is -1.42. The van der Waals surface area contributed by atoms with Crippen LogP contribution in [0, 0.1) is 12.7 Å². The molecule has 0 aromatic heterocycles. The number of aryl methyl sites for hydroxylation is 1. The van der Waals surface area contributed by atoms with Crippen LogP contribution in [0.1, 0.15) is 29.8 Å². The molecule has 0 heterocycles. The van der Waals surface area contributed by atoms with E-state index < -0.39 is 0 Å². The minimum Gasteiger partial charge on any atom is -0.380 e. The van der Waals surface area contributed by atoms with E-state index in [1.807, 2.05) is 13.8 Å². The van der Waals surface area contributed by atoms with Crippen LogP contribution in [0.15, 0.2) is 18.2 Å². The summed E-state index contributed by atoms with van der Waals surface area (Å²) in [5, 5.41) is 2.80. The van der Waals surface area contributed by atoms with Crippen molar-refractivity contribution in [3.05, 3.63) is 35.1 Å². The van der Waals surface area contributed by atoms with Crippen LogP contribution in [0.25, 0.3) is 0 Å². The molecule has 0 aliphatic heterocycles. The number of ether oxygens (including phenoxy) is 1. The predicted octanol–water partition coefficient (Wildman–Crippen LogP) is 2.29. The van der Waals surface area contributed by atoms with Gasteiger partial charge >= 0.3 is 0 Å². The summed E-state index contributed by atoms with van der Waals surface area (Å²) in [6, 6.07) is 4.07. The Morgan fingerprint density at radius 1 is 1.53 bits per heavy atom. The van der Waals surface area contributed by atoms with Gasteiger partial charge in [0.2, 0.25) is 0 Å². The van der Waals surface area contributed by atoms with Gasteiger partial charge in [-0.15, -0.1) is 0 Å². The summed E-state index contributed by atoms with van der Waals surface area (Å²) >= 11 is 0. The van der Waals surface area contributed by atoms with E-state index in [9.17, 15) is 9.18 Å². The molecular formula is C13H18FNO2. The zero-order valence-electron chi connectivity index (χ0n) is 10.4. The first-order valence-corrected chi connectivity index (χ1v) is 5.69. The number of benzene rings is 1. The molecule has 94 valence electrons. The van der Waals surface area contributed by atoms with Gasteiger partial charge in [0, 0.05) is 18.2 Å². The molecule has 1 rings (SSSR count). The number of carbonyl (C=O) groups is 1. The van der Waals surface area contributed by atoms with E-state index >= 15 is 0 Å². The molecule has 0 radical (unpaired) electrons. The van der Waals surface area contributed by atoms with Crippen molar-refractivity contribution < 1.29 is 13.9 Å². The third-order valence-corrected chi connectivity index (χ3v) is 2.38. The molecule has 0 aliphatic carbocycles. The first-order valence-electron chi connectivity index (χ1n) is 5.69. The number of nitrogens with one attached hydrogen (secondary N) is 1. The van der Waals surface area contributed by atoms with Gasteiger partial charge in [-0.3, -0.25) is 4.79 Å². The number of carbonyl (C=O) groups excluding carboxylic acids is 1. The van der Waals surface area contributed by atoms with Crippen LogP contribution in [0.3, 0.4) is 0 Å². The summed E-state index contributed by atoms with van der Waals surface area (Å²) in [7, 11) is 0. The highest BCUT2D eigenvalue weighted by Crippen LogP contribution is 2.10. The summed E-state index contributed by atoms with van der Waals surface area (Å²) in [5.74, 6) is -0.531. The zero-order chi connectivity index (χ0) is 12.8. The van der Waals surface area contributed by atoms with Crippen molar-refractivity contribution in [2.24, 2.45) is 0 Å². The lowest BCUT2D eigenvalue weighted by Gasteiger charge is -2.14. The van der Waals surface area contributed by atoms with Crippen molar-refractivity contribution >= 4 is 5.91 Å². The molecule has 0 bridgehead atoms. The van der Waals surface area contributed by atoms with E-state index in [4.69, 9.17) is 4.74 Å². The lowest BCUT2D eigenvalue weighted by Crippen LogP contribution is -2.36. The average Bonchev–Trinajstić information content (AvgIpc) is 2.26. The minimum atomic E-state index is -0.332. The molecule has 0 aliphatic rings. The van der Waals surface area contributed by atoms with E-state index in [1.165, 1.54) is 18.2 Å². The van der Waals surface area contributed by atoms with Crippen molar-refractivity contribution in [3.8, 4) is 0 Å². The Balaban J connectivity index is 2.63. The molecular weight excluding hydrogens is 221 g/mol. The van der Waals surface area contributed by atoms with Gasteiger partial charge < -0.3 is 10.1 Å². The molecule has 1 atom stereocenters. The summed E-state index contributed by atoms with van der Waals surface area (Å²) in [4.78, 5) is 11.9. The van der Waals surface area contributed by atoms with Gasteiger partial charge in [0.1, 0.15) is 5.82 Å². The predicted molar refractivity (Wildman–Crippen MR) is 64.6 cm³/mol. The summed E-state index contributed by atoms with van der Waals surface area (Å²) in [5.41, 5.74) is 1.13. The van der Waals surface area contributed by atoms with Crippen molar-refractivity contribution in [1.82, 2.24) is 5.32 Å². The fraction of sp³-hybridized carbons (Fsp3) is 0.462. The first-order chi connectivity index (χ1) is 8.04. The standard InChI is InChI=1S/C13H18FNO2/c1-4-17-8-10(3)15-13(16)12-6-5-11(14)7-9(12)2/h5-7,10H,4,8H2,1-3H3,(H,15,16). The molecule has 1 unspecified atom stereocenters. The third kappa shape index (κ3) is 4.15. The number of hydrogen-bond donors (Lipinski definition) is 1. The monoisotopic (exact) mass is 239 g/mol. The lowest BCUT2D eigenvalue weighted by molar-refractivity contribution is 0.0871. The Morgan fingerprint density at radius 3 is 2.82 bits per heavy atom. The van der Waals surface area contributed by atoms with Crippen molar-refractivity contribution in [2.45, 2.75) is 26.8 Å². The molecule has 0 saturated heterocycles. The van der Waals surface area contributed by atoms with Gasteiger partial charge in [-0.1, -0.05) is 0 Å².